The fraction of sp³-hybridized carbons (Fsp3) is 0.788. The van der Waals surface area contributed by atoms with E-state index in [1.54, 1.807) is 18.2 Å². The van der Waals surface area contributed by atoms with Crippen LogP contribution in [0.2, 0.25) is 0 Å². The highest BCUT2D eigenvalue weighted by atomic mass is 16.6. The summed E-state index contributed by atoms with van der Waals surface area (Å²) in [7, 11) is 4.26. The molecule has 0 aromatic carbocycles. The molecule has 0 amide bonds. The first-order chi connectivity index (χ1) is 19.9. The minimum atomic E-state index is -0.676. The van der Waals surface area contributed by atoms with Crippen LogP contribution in [0.3, 0.4) is 0 Å². The van der Waals surface area contributed by atoms with Gasteiger partial charge in [0.2, 0.25) is 0 Å². The molecular weight excluding hydrogens is 538 g/mol. The number of allylic oxidation sites excluding steroid dienone is 1. The Morgan fingerprint density at radius 1 is 1.05 bits per heavy atom. The lowest BCUT2D eigenvalue weighted by molar-refractivity contribution is -0.169. The summed E-state index contributed by atoms with van der Waals surface area (Å²) in [5, 5.41) is 0. The van der Waals surface area contributed by atoms with Gasteiger partial charge in [0.25, 0.3) is 0 Å². The van der Waals surface area contributed by atoms with Crippen molar-refractivity contribution in [3.05, 3.63) is 24.3 Å². The van der Waals surface area contributed by atoms with Crippen LogP contribution in [-0.2, 0) is 38.1 Å². The summed E-state index contributed by atoms with van der Waals surface area (Å²) in [6, 6.07) is 0.493. The maximum absolute atomic E-state index is 13.1. The third-order valence-corrected chi connectivity index (χ3v) is 9.19. The van der Waals surface area contributed by atoms with Crippen molar-refractivity contribution in [3.8, 4) is 0 Å². The molecule has 0 saturated carbocycles. The van der Waals surface area contributed by atoms with Gasteiger partial charge < -0.3 is 28.6 Å². The van der Waals surface area contributed by atoms with Gasteiger partial charge in [0.1, 0.15) is 6.10 Å². The van der Waals surface area contributed by atoms with Crippen LogP contribution in [0.1, 0.15) is 86.5 Å². The molecule has 3 aliphatic rings. The number of esters is 3. The summed E-state index contributed by atoms with van der Waals surface area (Å²) >= 11 is 0. The zero-order valence-electron chi connectivity index (χ0n) is 26.8. The third kappa shape index (κ3) is 9.13. The van der Waals surface area contributed by atoms with Crippen molar-refractivity contribution in [2.45, 2.75) is 135 Å². The summed E-state index contributed by atoms with van der Waals surface area (Å²) < 4.78 is 29.9. The van der Waals surface area contributed by atoms with Crippen LogP contribution < -0.4 is 0 Å². The highest BCUT2D eigenvalue weighted by Gasteiger charge is 2.44. The topological polar surface area (TPSA) is 101 Å². The summed E-state index contributed by atoms with van der Waals surface area (Å²) in [6.07, 6.45) is 11.1. The first-order valence-electron chi connectivity index (χ1n) is 15.8. The highest BCUT2D eigenvalue weighted by molar-refractivity contribution is 5.83. The summed E-state index contributed by atoms with van der Waals surface area (Å²) in [4.78, 5) is 39.2. The summed E-state index contributed by atoms with van der Waals surface area (Å²) in [5.41, 5.74) is 0. The zero-order chi connectivity index (χ0) is 31.0. The average Bonchev–Trinajstić information content (AvgIpc) is 3.62. The number of ether oxygens (including phenoxy) is 5. The van der Waals surface area contributed by atoms with Crippen molar-refractivity contribution in [2.24, 2.45) is 17.8 Å². The fourth-order valence-corrected chi connectivity index (χ4v) is 6.63. The van der Waals surface area contributed by atoms with Gasteiger partial charge in [0, 0.05) is 30.9 Å². The normalized spacial score (nSPS) is 31.5. The molecule has 0 spiro atoms. The number of carbonyl (C=O) groups excluding carboxylic acids is 3. The number of rotatable bonds is 14. The quantitative estimate of drug-likeness (QED) is 0.157. The van der Waals surface area contributed by atoms with Crippen molar-refractivity contribution in [2.75, 3.05) is 14.1 Å². The first-order valence-corrected chi connectivity index (χ1v) is 15.8. The molecule has 11 atom stereocenters. The van der Waals surface area contributed by atoms with Crippen molar-refractivity contribution in [1.82, 2.24) is 4.90 Å². The van der Waals surface area contributed by atoms with Gasteiger partial charge in [-0.25, -0.2) is 4.79 Å². The second kappa shape index (κ2) is 16.0. The minimum Gasteiger partial charge on any atom is -0.462 e. The van der Waals surface area contributed by atoms with Gasteiger partial charge in [0.15, 0.2) is 12.2 Å². The molecule has 0 aromatic heterocycles. The van der Waals surface area contributed by atoms with E-state index in [1.807, 2.05) is 13.8 Å². The van der Waals surface area contributed by atoms with Crippen LogP contribution in [0.4, 0.5) is 0 Å². The number of nitrogens with zero attached hydrogens (tertiary/aromatic N) is 1. The molecule has 0 bridgehead atoms. The molecule has 2 saturated heterocycles. The van der Waals surface area contributed by atoms with E-state index in [1.165, 1.54) is 13.0 Å². The van der Waals surface area contributed by atoms with Gasteiger partial charge >= 0.3 is 17.9 Å². The van der Waals surface area contributed by atoms with E-state index in [0.29, 0.717) is 12.5 Å². The molecule has 0 radical (unpaired) electrons. The smallest absolute Gasteiger partial charge is 0.331 e. The van der Waals surface area contributed by atoms with Crippen LogP contribution in [0, 0.1) is 17.8 Å². The highest BCUT2D eigenvalue weighted by Crippen LogP contribution is 2.38. The molecule has 0 unspecified atom stereocenters. The molecule has 0 aromatic rings. The molecule has 2 fully saturated rings. The monoisotopic (exact) mass is 591 g/mol. The average molecular weight is 592 g/mol. The van der Waals surface area contributed by atoms with Crippen LogP contribution >= 0.6 is 0 Å². The molecule has 3 rings (SSSR count). The van der Waals surface area contributed by atoms with E-state index in [-0.39, 0.29) is 48.3 Å². The van der Waals surface area contributed by atoms with E-state index in [9.17, 15) is 14.4 Å². The Bertz CT molecular complexity index is 964. The van der Waals surface area contributed by atoms with Gasteiger partial charge in [0.05, 0.1) is 30.3 Å². The first kappa shape index (κ1) is 34.3. The van der Waals surface area contributed by atoms with Crippen LogP contribution in [0.15, 0.2) is 24.3 Å². The molecule has 9 nitrogen and oxygen atoms in total. The maximum atomic E-state index is 13.1. The Morgan fingerprint density at radius 3 is 2.31 bits per heavy atom. The van der Waals surface area contributed by atoms with Crippen LogP contribution in [0.25, 0.3) is 0 Å². The molecule has 9 heteroatoms. The standard InChI is InChI=1S/C33H53NO8/c1-9-11-24(34(7)8)19-25-13-14-26(39-25)20(3)32(38-23(6)35)21(4)27-15-16-28(40-27)22(5)33(37)42-30-17-18-31(36)41-29(30)12-10-2/h10,12,17-18,20-22,24-30,32H,9,11,13-16,19H2,1-8H3/b12-10+/t20-,21-,22-,24-,25+,26-,27+,28-,29+,30+,32+/m1/s1. The maximum Gasteiger partial charge on any atom is 0.331 e. The van der Waals surface area contributed by atoms with Gasteiger partial charge in [-0.3, -0.25) is 9.59 Å². The largest absolute Gasteiger partial charge is 0.462 e. The third-order valence-electron chi connectivity index (χ3n) is 9.19. The van der Waals surface area contributed by atoms with Crippen molar-refractivity contribution >= 4 is 17.9 Å². The number of hydrogen-bond donors (Lipinski definition) is 0. The second-order valence-corrected chi connectivity index (χ2v) is 12.6. The number of carbonyl (C=O) groups is 3. The Morgan fingerprint density at radius 2 is 1.69 bits per heavy atom. The Balaban J connectivity index is 1.59. The van der Waals surface area contributed by atoms with Crippen molar-refractivity contribution in [3.63, 3.8) is 0 Å². The lowest BCUT2D eigenvalue weighted by Gasteiger charge is -2.35. The van der Waals surface area contributed by atoms with Crippen molar-refractivity contribution in [1.29, 1.82) is 0 Å². The Hall–Kier alpha value is -2.23. The van der Waals surface area contributed by atoms with Gasteiger partial charge in [-0.1, -0.05) is 33.3 Å². The predicted octanol–water partition coefficient (Wildman–Crippen LogP) is 5.01. The molecule has 238 valence electrons. The van der Waals surface area contributed by atoms with E-state index in [0.717, 1.165) is 38.5 Å². The lowest BCUT2D eigenvalue weighted by atomic mass is 9.84. The second-order valence-electron chi connectivity index (χ2n) is 12.6. The predicted molar refractivity (Wildman–Crippen MR) is 160 cm³/mol. The van der Waals surface area contributed by atoms with Crippen molar-refractivity contribution < 1.29 is 38.1 Å². The van der Waals surface area contributed by atoms with Crippen LogP contribution in [0.5, 0.6) is 0 Å². The van der Waals surface area contributed by atoms with Gasteiger partial charge in [-0.15, -0.1) is 0 Å². The molecule has 0 N–H and O–H groups in total. The molecule has 3 heterocycles. The van der Waals surface area contributed by atoms with E-state index < -0.39 is 30.1 Å². The van der Waals surface area contributed by atoms with Gasteiger partial charge in [-0.05, 0) is 78.6 Å². The molecule has 0 aliphatic carbocycles. The number of hydrogen-bond acceptors (Lipinski definition) is 9. The summed E-state index contributed by atoms with van der Waals surface area (Å²) in [5.74, 6) is -1.74. The Kier molecular flexibility index (Phi) is 13.1. The van der Waals surface area contributed by atoms with E-state index >= 15 is 0 Å². The van der Waals surface area contributed by atoms with Gasteiger partial charge in [-0.2, -0.15) is 0 Å². The molecular formula is C33H53NO8. The SMILES string of the molecule is C/C=C/[C@@H]1OC(=O)C=C[C@@H]1OC(=O)[C@H](C)[C@H]1CC[C@@H]([C@@H](C)[C@@H](OC(C)=O)[C@H](C)[C@H]2CC[C@@H](C[C@@H](CCC)N(C)C)O2)O1. The zero-order valence-corrected chi connectivity index (χ0v) is 26.8. The minimum absolute atomic E-state index is 0.00673. The van der Waals surface area contributed by atoms with Crippen LogP contribution in [-0.4, -0.2) is 85.7 Å². The lowest BCUT2D eigenvalue weighted by Crippen LogP contribution is -2.43. The fourth-order valence-electron chi connectivity index (χ4n) is 6.63. The van der Waals surface area contributed by atoms with E-state index in [2.05, 4.69) is 39.8 Å². The molecule has 3 aliphatic heterocycles. The summed E-state index contributed by atoms with van der Waals surface area (Å²) in [6.45, 7) is 11.5. The number of cyclic esters (lactones) is 1. The molecule has 42 heavy (non-hydrogen) atoms. The Labute approximate surface area is 252 Å². The van der Waals surface area contributed by atoms with E-state index in [4.69, 9.17) is 23.7 Å².